The van der Waals surface area contributed by atoms with Gasteiger partial charge in [0, 0.05) is 11.9 Å². The van der Waals surface area contributed by atoms with Gasteiger partial charge in [0.05, 0.1) is 5.52 Å². The first-order chi connectivity index (χ1) is 9.58. The molecule has 0 radical (unpaired) electrons. The molecule has 0 saturated carbocycles. The third kappa shape index (κ3) is 2.73. The monoisotopic (exact) mass is 309 g/mol. The summed E-state index contributed by atoms with van der Waals surface area (Å²) in [6, 6.07) is 4.21. The van der Waals surface area contributed by atoms with Gasteiger partial charge in [-0.2, -0.15) is 0 Å². The number of aromatic nitrogens is 1. The van der Waals surface area contributed by atoms with Gasteiger partial charge in [-0.25, -0.2) is 4.39 Å². The molecule has 1 heterocycles. The normalized spacial score (nSPS) is 11.3. The van der Waals surface area contributed by atoms with Crippen molar-refractivity contribution in [2.45, 2.75) is 6.54 Å². The molecule has 104 valence electrons. The van der Waals surface area contributed by atoms with Crippen LogP contribution in [0.4, 0.5) is 10.1 Å². The quantitative estimate of drug-likeness (QED) is 0.519. The first-order valence-corrected chi connectivity index (χ1v) is 7.33. The molecule has 0 atom stereocenters. The number of thiocarbonyl (C=S) groups is 1. The highest BCUT2D eigenvalue weighted by Gasteiger charge is 2.16. The van der Waals surface area contributed by atoms with Crippen LogP contribution in [0.5, 0.6) is 5.88 Å². The lowest BCUT2D eigenvalue weighted by atomic mass is 10.2. The standard InChI is InChI=1S/C13H12FN3OS2/c1-3-6-17-10-7-8(14)4-5-9(10)11(12(17)18)15-16-13(19)20-2/h3-5,7,18H,1,6H2,2H3. The number of aromatic hydroxyl groups is 1. The number of nitrogens with zero attached hydrogens (tertiary/aromatic N) is 3. The van der Waals surface area contributed by atoms with Gasteiger partial charge in [-0.1, -0.05) is 17.8 Å². The van der Waals surface area contributed by atoms with Gasteiger partial charge in [0.25, 0.3) is 0 Å². The summed E-state index contributed by atoms with van der Waals surface area (Å²) in [5.74, 6) is -0.471. The van der Waals surface area contributed by atoms with Gasteiger partial charge < -0.3 is 9.67 Å². The Morgan fingerprint density at radius 1 is 1.60 bits per heavy atom. The van der Waals surface area contributed by atoms with Crippen LogP contribution in [0.15, 0.2) is 41.1 Å². The second-order valence-electron chi connectivity index (χ2n) is 3.90. The predicted octanol–water partition coefficient (Wildman–Crippen LogP) is 4.40. The minimum Gasteiger partial charge on any atom is -0.493 e. The van der Waals surface area contributed by atoms with Crippen molar-refractivity contribution in [3.63, 3.8) is 0 Å². The van der Waals surface area contributed by atoms with E-state index in [2.05, 4.69) is 16.8 Å². The van der Waals surface area contributed by atoms with E-state index in [4.69, 9.17) is 12.2 Å². The molecule has 1 N–H and O–H groups in total. The molecule has 20 heavy (non-hydrogen) atoms. The summed E-state index contributed by atoms with van der Waals surface area (Å²) in [7, 11) is 0. The average molecular weight is 309 g/mol. The fraction of sp³-hybridized carbons (Fsp3) is 0.154. The molecule has 0 aliphatic carbocycles. The summed E-state index contributed by atoms with van der Waals surface area (Å²) in [5, 5.41) is 18.6. The number of fused-ring (bicyclic) bond motifs is 1. The largest absolute Gasteiger partial charge is 0.493 e. The molecule has 2 rings (SSSR count). The van der Waals surface area contributed by atoms with E-state index in [1.807, 2.05) is 0 Å². The van der Waals surface area contributed by atoms with Crippen molar-refractivity contribution < 1.29 is 9.50 Å². The first-order valence-electron chi connectivity index (χ1n) is 5.69. The lowest BCUT2D eigenvalue weighted by molar-refractivity contribution is 0.431. The Kier molecular flexibility index (Phi) is 4.51. The molecule has 2 aromatic rings. The van der Waals surface area contributed by atoms with E-state index in [1.54, 1.807) is 18.4 Å². The lowest BCUT2D eigenvalue weighted by Gasteiger charge is -2.02. The van der Waals surface area contributed by atoms with Crippen molar-refractivity contribution in [2.75, 3.05) is 6.26 Å². The van der Waals surface area contributed by atoms with Crippen molar-refractivity contribution >= 4 is 44.9 Å². The Labute approximate surface area is 125 Å². The fourth-order valence-electron chi connectivity index (χ4n) is 1.83. The summed E-state index contributed by atoms with van der Waals surface area (Å²) in [5.41, 5.74) is 0.810. The van der Waals surface area contributed by atoms with Crippen LogP contribution in [0.25, 0.3) is 10.9 Å². The third-order valence-electron chi connectivity index (χ3n) is 2.69. The number of thioether (sulfide) groups is 1. The van der Waals surface area contributed by atoms with Crippen LogP contribution in [0.3, 0.4) is 0 Å². The zero-order valence-corrected chi connectivity index (χ0v) is 12.3. The molecule has 4 nitrogen and oxygen atoms in total. The highest BCUT2D eigenvalue weighted by atomic mass is 32.2. The van der Waals surface area contributed by atoms with Crippen LogP contribution in [-0.2, 0) is 6.54 Å². The summed E-state index contributed by atoms with van der Waals surface area (Å²) in [4.78, 5) is 0. The van der Waals surface area contributed by atoms with Gasteiger partial charge in [0.1, 0.15) is 5.82 Å². The van der Waals surface area contributed by atoms with E-state index in [0.29, 0.717) is 21.8 Å². The number of hydrogen-bond donors (Lipinski definition) is 1. The topological polar surface area (TPSA) is 49.9 Å². The summed E-state index contributed by atoms with van der Waals surface area (Å²) in [6.07, 6.45) is 3.40. The Morgan fingerprint density at radius 2 is 2.35 bits per heavy atom. The molecule has 0 spiro atoms. The maximum Gasteiger partial charge on any atom is 0.221 e. The second-order valence-corrected chi connectivity index (χ2v) is 5.34. The second kappa shape index (κ2) is 6.15. The number of rotatable bonds is 3. The van der Waals surface area contributed by atoms with Crippen molar-refractivity contribution in [1.29, 1.82) is 0 Å². The van der Waals surface area contributed by atoms with Crippen LogP contribution in [0.1, 0.15) is 0 Å². The molecule has 0 saturated heterocycles. The number of hydrogen-bond acceptors (Lipinski definition) is 4. The molecular formula is C13H12FN3OS2. The highest BCUT2D eigenvalue weighted by Crippen LogP contribution is 2.39. The molecule has 1 aromatic carbocycles. The van der Waals surface area contributed by atoms with E-state index < -0.39 is 0 Å². The highest BCUT2D eigenvalue weighted by molar-refractivity contribution is 8.22. The maximum atomic E-state index is 13.4. The molecule has 0 bridgehead atoms. The molecular weight excluding hydrogens is 297 g/mol. The zero-order valence-electron chi connectivity index (χ0n) is 10.7. The molecule has 1 aromatic heterocycles. The maximum absolute atomic E-state index is 13.4. The molecule has 0 aliphatic heterocycles. The Hall–Kier alpha value is -1.73. The summed E-state index contributed by atoms with van der Waals surface area (Å²) >= 11 is 6.22. The van der Waals surface area contributed by atoms with Crippen molar-refractivity contribution in [1.82, 2.24) is 4.57 Å². The van der Waals surface area contributed by atoms with Gasteiger partial charge >= 0.3 is 0 Å². The van der Waals surface area contributed by atoms with Crippen LogP contribution in [-0.4, -0.2) is 20.2 Å². The van der Waals surface area contributed by atoms with Gasteiger partial charge in [-0.15, -0.1) is 16.8 Å². The van der Waals surface area contributed by atoms with Crippen LogP contribution in [0, 0.1) is 5.82 Å². The van der Waals surface area contributed by atoms with E-state index in [-0.39, 0.29) is 17.4 Å². The molecule has 7 heteroatoms. The number of allylic oxidation sites excluding steroid dienone is 1. The smallest absolute Gasteiger partial charge is 0.221 e. The Bertz CT molecular complexity index is 709. The van der Waals surface area contributed by atoms with Crippen molar-refractivity contribution in [3.8, 4) is 5.88 Å². The van der Waals surface area contributed by atoms with E-state index in [0.717, 1.165) is 0 Å². The molecule has 0 amide bonds. The number of azo groups is 1. The van der Waals surface area contributed by atoms with Gasteiger partial charge in [0.15, 0.2) is 10.0 Å². The van der Waals surface area contributed by atoms with Crippen LogP contribution in [0.2, 0.25) is 0 Å². The van der Waals surface area contributed by atoms with Gasteiger partial charge in [0.2, 0.25) is 5.88 Å². The van der Waals surface area contributed by atoms with Crippen LogP contribution < -0.4 is 0 Å². The predicted molar refractivity (Wildman–Crippen MR) is 84.4 cm³/mol. The van der Waals surface area contributed by atoms with Crippen LogP contribution >= 0.6 is 24.0 Å². The molecule has 0 unspecified atom stereocenters. The Morgan fingerprint density at radius 3 is 3.00 bits per heavy atom. The minimum atomic E-state index is -0.386. The van der Waals surface area contributed by atoms with Gasteiger partial charge in [-0.05, 0) is 36.7 Å². The average Bonchev–Trinajstić information content (AvgIpc) is 2.69. The lowest BCUT2D eigenvalue weighted by Crippen LogP contribution is -1.93. The van der Waals surface area contributed by atoms with Gasteiger partial charge in [-0.3, -0.25) is 0 Å². The molecule has 0 fully saturated rings. The molecule has 0 aliphatic rings. The third-order valence-corrected chi connectivity index (χ3v) is 3.70. The van der Waals surface area contributed by atoms with E-state index in [1.165, 1.54) is 28.5 Å². The number of halogens is 1. The Balaban J connectivity index is 2.65. The zero-order chi connectivity index (χ0) is 14.7. The first kappa shape index (κ1) is 14.7. The van der Waals surface area contributed by atoms with Crippen molar-refractivity contribution in [3.05, 3.63) is 36.7 Å². The minimum absolute atomic E-state index is 0.0850. The summed E-state index contributed by atoms with van der Waals surface area (Å²) < 4.78 is 15.2. The summed E-state index contributed by atoms with van der Waals surface area (Å²) in [6.45, 7) is 3.96. The van der Waals surface area contributed by atoms with Crippen molar-refractivity contribution in [2.24, 2.45) is 10.2 Å². The SMILES string of the molecule is C=CCn1c(O)c(N=NC(=S)SC)c2ccc(F)cc21. The number of benzene rings is 1. The van der Waals surface area contributed by atoms with E-state index >= 15 is 0 Å². The van der Waals surface area contributed by atoms with E-state index in [9.17, 15) is 9.50 Å². The fourth-order valence-corrected chi connectivity index (χ4v) is 2.00.